The monoisotopic (exact) mass is 1140 g/mol. The van der Waals surface area contributed by atoms with Gasteiger partial charge in [0, 0.05) is 56.6 Å². The minimum atomic E-state index is -1.69. The summed E-state index contributed by atoms with van der Waals surface area (Å²) in [6.45, 7) is 2.50. The second-order valence-corrected chi connectivity index (χ2v) is 20.0. The van der Waals surface area contributed by atoms with Crippen molar-refractivity contribution in [3.8, 4) is 0 Å². The van der Waals surface area contributed by atoms with Crippen molar-refractivity contribution in [2.24, 2.45) is 32.9 Å². The third-order valence-corrected chi connectivity index (χ3v) is 13.6. The molecule has 444 valence electrons. The largest absolute Gasteiger partial charge is 0.480 e. The lowest BCUT2D eigenvalue weighted by Gasteiger charge is -2.34. The number of hydrogen-bond acceptors (Lipinski definition) is 13. The van der Waals surface area contributed by atoms with Crippen LogP contribution in [0.2, 0.25) is 0 Å². The average Bonchev–Trinajstić information content (AvgIpc) is 4.05. The van der Waals surface area contributed by atoms with Crippen LogP contribution in [0.25, 0.3) is 10.9 Å². The summed E-state index contributed by atoms with van der Waals surface area (Å²) in [4.78, 5) is 125. The molecule has 7 amide bonds. The van der Waals surface area contributed by atoms with Crippen LogP contribution in [0.5, 0.6) is 0 Å². The molecule has 1 fully saturated rings. The number of rotatable bonds is 21. The van der Waals surface area contributed by atoms with Gasteiger partial charge in [-0.3, -0.25) is 48.9 Å². The second kappa shape index (κ2) is 33.2. The number of aliphatic imine (C=N–C) groups is 2. The van der Waals surface area contributed by atoms with Gasteiger partial charge in [0.1, 0.15) is 36.4 Å². The first-order valence-corrected chi connectivity index (χ1v) is 27.3. The minimum absolute atomic E-state index is 0.0163. The Kier molecular flexibility index (Phi) is 26.0. The molecular formula is C56H79N15O11. The van der Waals surface area contributed by atoms with Crippen LogP contribution in [0.4, 0.5) is 0 Å². The predicted octanol–water partition coefficient (Wildman–Crippen LogP) is -1.01. The Labute approximate surface area is 475 Å². The van der Waals surface area contributed by atoms with E-state index in [0.29, 0.717) is 11.1 Å². The topological polar surface area (TPSA) is 418 Å². The van der Waals surface area contributed by atoms with E-state index in [0.717, 1.165) is 21.4 Å². The summed E-state index contributed by atoms with van der Waals surface area (Å²) in [5.41, 5.74) is 25.1. The van der Waals surface area contributed by atoms with Gasteiger partial charge in [-0.2, -0.15) is 0 Å². The summed E-state index contributed by atoms with van der Waals surface area (Å²) >= 11 is 0. The van der Waals surface area contributed by atoms with Crippen LogP contribution in [0, 0.1) is 0 Å². The standard InChI is InChI=1S/C56H79N15O11/c1-34-48(74)68-44(29-36-15-5-3-6-16-36)51(77)66-42(23-14-26-63-56(59)60)50(76)69-45(30-38-32-64-40-20-10-9-19-39(38)40)52(78)67-43(54(80)81)21-11-12-24-61-47(73)31-46(53(79)71(34)27-28-82-33-37-17-7-4-8-18-37)70-49(75)41(65-35(2)72)22-13-25-62-55(57)58/h3-10,15-20,32,34,41-46,50,64,69,76H,11-14,21-31,33H2,1-2H3,(H,61,73)(H,65,72)(H,66,77)(H,67,78)(H,68,74)(H,70,75)(H,80,81)(H4,57,58,62)(H4,59,60,63). The van der Waals surface area contributed by atoms with Gasteiger partial charge in [0.25, 0.3) is 0 Å². The molecule has 0 radical (unpaired) electrons. The minimum Gasteiger partial charge on any atom is -0.480 e. The number of fused-ring (bicyclic) bond motifs is 1. The van der Waals surface area contributed by atoms with Crippen molar-refractivity contribution in [3.63, 3.8) is 0 Å². The van der Waals surface area contributed by atoms with Gasteiger partial charge in [-0.1, -0.05) is 78.9 Å². The first-order valence-electron chi connectivity index (χ1n) is 27.3. The molecule has 0 spiro atoms. The number of nitrogens with one attached hydrogen (secondary N) is 8. The predicted molar refractivity (Wildman–Crippen MR) is 307 cm³/mol. The maximum atomic E-state index is 15.1. The molecule has 18 N–H and O–H groups in total. The number of amides is 7. The smallest absolute Gasteiger partial charge is 0.326 e. The lowest BCUT2D eigenvalue weighted by Crippen LogP contribution is -2.62. The summed E-state index contributed by atoms with van der Waals surface area (Å²) < 4.78 is 5.99. The van der Waals surface area contributed by atoms with Crippen molar-refractivity contribution in [2.45, 2.75) is 133 Å². The molecule has 0 bridgehead atoms. The fourth-order valence-corrected chi connectivity index (χ4v) is 9.28. The Hall–Kier alpha value is -8.62. The number of carbonyl (C=O) groups excluding carboxylic acids is 7. The van der Waals surface area contributed by atoms with Gasteiger partial charge in [-0.05, 0) is 81.0 Å². The SMILES string of the molecule is CC(=O)NC(CCCN=C(N)N)C(=O)NC1CC(=O)NCCCCC(C(=O)O)NC(=O)C(Cc2c[nH]c3ccccc23)NC(O)C(CCCN=C(N)N)NC(=O)C(Cc2ccccc2)NC(=O)C(C)N(CCOCc2ccccc2)C1=O. The Balaban J connectivity index is 1.57. The van der Waals surface area contributed by atoms with E-state index in [1.165, 1.54) is 13.8 Å². The molecule has 8 unspecified atom stereocenters. The maximum absolute atomic E-state index is 15.1. The fourth-order valence-electron chi connectivity index (χ4n) is 9.28. The van der Waals surface area contributed by atoms with Crippen molar-refractivity contribution in [1.29, 1.82) is 0 Å². The molecule has 0 aliphatic carbocycles. The zero-order valence-electron chi connectivity index (χ0n) is 46.3. The Morgan fingerprint density at radius 3 is 2.11 bits per heavy atom. The molecule has 2 heterocycles. The number of benzene rings is 3. The molecule has 1 aliphatic rings. The van der Waals surface area contributed by atoms with Crippen molar-refractivity contribution >= 4 is 70.1 Å². The lowest BCUT2D eigenvalue weighted by molar-refractivity contribution is -0.145. The molecule has 4 aromatic rings. The summed E-state index contributed by atoms with van der Waals surface area (Å²) in [5.74, 6) is -7.13. The van der Waals surface area contributed by atoms with E-state index in [4.69, 9.17) is 27.7 Å². The summed E-state index contributed by atoms with van der Waals surface area (Å²) in [7, 11) is 0. The van der Waals surface area contributed by atoms with Crippen LogP contribution >= 0.6 is 0 Å². The van der Waals surface area contributed by atoms with E-state index in [2.05, 4.69) is 52.2 Å². The zero-order valence-corrected chi connectivity index (χ0v) is 46.3. The van der Waals surface area contributed by atoms with Gasteiger partial charge < -0.3 is 79.7 Å². The van der Waals surface area contributed by atoms with E-state index >= 15 is 4.79 Å². The summed E-state index contributed by atoms with van der Waals surface area (Å²) in [6, 6.07) is 15.6. The highest BCUT2D eigenvalue weighted by atomic mass is 16.5. The number of aromatic nitrogens is 1. The van der Waals surface area contributed by atoms with Gasteiger partial charge in [0.15, 0.2) is 11.9 Å². The molecule has 1 saturated heterocycles. The number of H-pyrrole nitrogens is 1. The van der Waals surface area contributed by atoms with Crippen LogP contribution in [0.15, 0.2) is 101 Å². The van der Waals surface area contributed by atoms with E-state index < -0.39 is 102 Å². The van der Waals surface area contributed by atoms with Gasteiger partial charge in [0.05, 0.1) is 31.7 Å². The molecule has 1 aliphatic heterocycles. The summed E-state index contributed by atoms with van der Waals surface area (Å²) in [5, 5.41) is 42.5. The van der Waals surface area contributed by atoms with Crippen LogP contribution < -0.4 is 60.2 Å². The third-order valence-electron chi connectivity index (χ3n) is 13.6. The lowest BCUT2D eigenvalue weighted by atomic mass is 10.0. The Morgan fingerprint density at radius 2 is 1.44 bits per heavy atom. The number of carboxylic acid groups (broad SMARTS) is 1. The molecule has 1 aromatic heterocycles. The molecule has 5 rings (SSSR count). The first-order chi connectivity index (χ1) is 39.3. The Bertz CT molecular complexity index is 2810. The number of carbonyl (C=O) groups is 8. The van der Waals surface area contributed by atoms with Crippen LogP contribution in [-0.4, -0.2) is 161 Å². The van der Waals surface area contributed by atoms with Crippen molar-refractivity contribution in [2.75, 3.05) is 32.8 Å². The van der Waals surface area contributed by atoms with Crippen molar-refractivity contribution in [3.05, 3.63) is 108 Å². The number of ether oxygens (including phenoxy) is 1. The van der Waals surface area contributed by atoms with E-state index in [1.807, 2.05) is 54.6 Å². The number of aromatic amines is 1. The summed E-state index contributed by atoms with van der Waals surface area (Å²) in [6.07, 6.45) is -0.0369. The second-order valence-electron chi connectivity index (χ2n) is 20.0. The number of para-hydroxylation sites is 1. The number of aliphatic hydroxyl groups excluding tert-OH is 1. The number of carboxylic acids is 1. The average molecular weight is 1140 g/mol. The molecule has 8 atom stereocenters. The number of nitrogens with two attached hydrogens (primary N) is 4. The van der Waals surface area contributed by atoms with E-state index in [-0.39, 0.29) is 109 Å². The zero-order chi connectivity index (χ0) is 59.6. The van der Waals surface area contributed by atoms with Crippen LogP contribution in [0.1, 0.15) is 81.9 Å². The normalized spacial score (nSPS) is 21.4. The number of hydrogen-bond donors (Lipinski definition) is 14. The van der Waals surface area contributed by atoms with Crippen molar-refractivity contribution in [1.82, 2.24) is 47.1 Å². The molecule has 26 heteroatoms. The highest BCUT2D eigenvalue weighted by molar-refractivity contribution is 5.97. The van der Waals surface area contributed by atoms with Gasteiger partial charge >= 0.3 is 5.97 Å². The third kappa shape index (κ3) is 21.5. The first kappa shape index (κ1) is 64.2. The molecule has 26 nitrogen and oxygen atoms in total. The highest BCUT2D eigenvalue weighted by Gasteiger charge is 2.37. The fraction of sp³-hybridized carbons (Fsp3) is 0.464. The number of aliphatic hydroxyl groups is 1. The van der Waals surface area contributed by atoms with Gasteiger partial charge in [-0.25, -0.2) is 4.79 Å². The van der Waals surface area contributed by atoms with Gasteiger partial charge in [-0.15, -0.1) is 0 Å². The van der Waals surface area contributed by atoms with E-state index in [1.54, 1.807) is 36.5 Å². The Morgan fingerprint density at radius 1 is 0.793 bits per heavy atom. The highest BCUT2D eigenvalue weighted by Crippen LogP contribution is 2.21. The molecule has 82 heavy (non-hydrogen) atoms. The molecular weight excluding hydrogens is 1060 g/mol. The quantitative estimate of drug-likeness (QED) is 0.0270. The van der Waals surface area contributed by atoms with Crippen LogP contribution in [0.3, 0.4) is 0 Å². The maximum Gasteiger partial charge on any atom is 0.326 e. The van der Waals surface area contributed by atoms with Gasteiger partial charge in [0.2, 0.25) is 41.4 Å². The molecule has 0 saturated carbocycles. The van der Waals surface area contributed by atoms with E-state index in [9.17, 15) is 43.8 Å². The van der Waals surface area contributed by atoms with Crippen molar-refractivity contribution < 1.29 is 53.3 Å². The number of nitrogens with zero attached hydrogens (tertiary/aromatic N) is 3. The number of aliphatic carboxylic acids is 1. The molecule has 3 aromatic carbocycles. The van der Waals surface area contributed by atoms with Crippen LogP contribution in [-0.2, 0) is 62.5 Å². The number of guanidine groups is 2.